The fourth-order valence-electron chi connectivity index (χ4n) is 1.69. The fourth-order valence-corrected chi connectivity index (χ4v) is 1.69. The van der Waals surface area contributed by atoms with Crippen molar-refractivity contribution in [3.05, 3.63) is 47.6 Å². The van der Waals surface area contributed by atoms with Crippen molar-refractivity contribution in [3.8, 4) is 0 Å². The molecule has 0 bridgehead atoms. The molecule has 0 aliphatic carbocycles. The number of hydrogen-bond donors (Lipinski definition) is 1. The van der Waals surface area contributed by atoms with E-state index in [0.29, 0.717) is 5.56 Å². The highest BCUT2D eigenvalue weighted by molar-refractivity contribution is 5.18. The molecular weight excluding hydrogens is 273 g/mol. The highest BCUT2D eigenvalue weighted by Gasteiger charge is 2.27. The summed E-state index contributed by atoms with van der Waals surface area (Å²) >= 11 is 0. The van der Waals surface area contributed by atoms with Gasteiger partial charge in [-0.3, -0.25) is 0 Å². The normalized spacial score (nSPS) is 13.4. The number of hydrogen-bond acceptors (Lipinski definition) is 4. The summed E-state index contributed by atoms with van der Waals surface area (Å²) in [5, 5.41) is 13.4. The number of alkyl halides is 3. The average molecular weight is 286 g/mol. The highest BCUT2D eigenvalue weighted by Crippen LogP contribution is 2.22. The van der Waals surface area contributed by atoms with Crippen LogP contribution >= 0.6 is 0 Å². The molecule has 1 aromatic heterocycles. The first-order chi connectivity index (χ1) is 9.44. The Labute approximate surface area is 113 Å². The van der Waals surface area contributed by atoms with Gasteiger partial charge in [-0.25, -0.2) is 0 Å². The molecule has 0 spiro atoms. The van der Waals surface area contributed by atoms with Crippen molar-refractivity contribution < 1.29 is 22.8 Å². The van der Waals surface area contributed by atoms with E-state index in [1.165, 1.54) is 0 Å². The van der Waals surface area contributed by atoms with E-state index in [1.807, 2.05) is 6.07 Å². The Bertz CT molecular complexity index is 540. The van der Waals surface area contributed by atoms with Crippen molar-refractivity contribution in [2.75, 3.05) is 0 Å². The van der Waals surface area contributed by atoms with Gasteiger partial charge in [0.15, 0.2) is 5.82 Å². The Balaban J connectivity index is 1.93. The number of benzene rings is 1. The zero-order chi connectivity index (χ0) is 14.6. The number of aliphatic hydroxyl groups is 1. The third kappa shape index (κ3) is 4.34. The summed E-state index contributed by atoms with van der Waals surface area (Å²) < 4.78 is 41.0. The van der Waals surface area contributed by atoms with Gasteiger partial charge in [0, 0.05) is 6.42 Å². The smallest absolute Gasteiger partial charge is 0.388 e. The van der Waals surface area contributed by atoms with Crippen molar-refractivity contribution in [2.24, 2.45) is 0 Å². The summed E-state index contributed by atoms with van der Waals surface area (Å²) in [7, 11) is 0. The second kappa shape index (κ2) is 6.04. The lowest BCUT2D eigenvalue weighted by Gasteiger charge is -2.07. The first-order valence-electron chi connectivity index (χ1n) is 6.05. The van der Waals surface area contributed by atoms with Gasteiger partial charge in [-0.2, -0.15) is 18.2 Å². The second-order valence-electron chi connectivity index (χ2n) is 4.35. The van der Waals surface area contributed by atoms with Gasteiger partial charge < -0.3 is 9.63 Å². The largest absolute Gasteiger partial charge is 0.389 e. The SMILES string of the molecule is OC(Cc1nc(CCC(F)(F)F)no1)c1ccccc1. The molecule has 1 unspecified atom stereocenters. The van der Waals surface area contributed by atoms with E-state index in [1.54, 1.807) is 24.3 Å². The van der Waals surface area contributed by atoms with Gasteiger partial charge >= 0.3 is 6.18 Å². The third-order valence-corrected chi connectivity index (χ3v) is 2.69. The van der Waals surface area contributed by atoms with Crippen LogP contribution in [0, 0.1) is 0 Å². The number of nitrogens with zero attached hydrogens (tertiary/aromatic N) is 2. The van der Waals surface area contributed by atoms with Crippen LogP contribution in [0.1, 0.15) is 29.8 Å². The Hall–Kier alpha value is -1.89. The quantitative estimate of drug-likeness (QED) is 0.918. The number of aromatic nitrogens is 2. The molecule has 0 saturated carbocycles. The van der Waals surface area contributed by atoms with Crippen molar-refractivity contribution in [3.63, 3.8) is 0 Å². The summed E-state index contributed by atoms with van der Waals surface area (Å²) in [5.74, 6) is 0.121. The Morgan fingerprint density at radius 2 is 1.90 bits per heavy atom. The predicted octanol–water partition coefficient (Wildman–Crippen LogP) is 2.84. The maximum absolute atomic E-state index is 12.1. The lowest BCUT2D eigenvalue weighted by Crippen LogP contribution is -2.09. The molecule has 1 heterocycles. The van der Waals surface area contributed by atoms with Gasteiger partial charge in [0.2, 0.25) is 5.89 Å². The summed E-state index contributed by atoms with van der Waals surface area (Å²) in [6, 6.07) is 8.86. The van der Waals surface area contributed by atoms with Gasteiger partial charge in [-0.15, -0.1) is 0 Å². The fraction of sp³-hybridized carbons (Fsp3) is 0.385. The molecule has 2 aromatic rings. The summed E-state index contributed by atoms with van der Waals surface area (Å²) in [4.78, 5) is 3.84. The van der Waals surface area contributed by atoms with Crippen LogP contribution in [0.5, 0.6) is 0 Å². The van der Waals surface area contributed by atoms with Crippen LogP contribution in [0.25, 0.3) is 0 Å². The summed E-state index contributed by atoms with van der Waals surface area (Å²) in [6.07, 6.45) is -6.32. The summed E-state index contributed by atoms with van der Waals surface area (Å²) in [6.45, 7) is 0. The number of aliphatic hydroxyl groups excluding tert-OH is 1. The van der Waals surface area contributed by atoms with E-state index < -0.39 is 18.7 Å². The van der Waals surface area contributed by atoms with Crippen molar-refractivity contribution >= 4 is 0 Å². The van der Waals surface area contributed by atoms with Crippen LogP contribution in [0.15, 0.2) is 34.9 Å². The van der Waals surface area contributed by atoms with Gasteiger partial charge in [0.1, 0.15) is 0 Å². The lowest BCUT2D eigenvalue weighted by molar-refractivity contribution is -0.134. The number of rotatable bonds is 5. The molecule has 0 amide bonds. The molecular formula is C13H13F3N2O2. The number of halogens is 3. The maximum atomic E-state index is 12.1. The zero-order valence-corrected chi connectivity index (χ0v) is 10.5. The standard InChI is InChI=1S/C13H13F3N2O2/c14-13(15,16)7-6-11-17-12(20-18-11)8-10(19)9-4-2-1-3-5-9/h1-5,10,19H,6-8H2. The molecule has 0 radical (unpaired) electrons. The molecule has 2 rings (SSSR count). The van der Waals surface area contributed by atoms with E-state index in [-0.39, 0.29) is 24.6 Å². The van der Waals surface area contributed by atoms with E-state index >= 15 is 0 Å². The van der Waals surface area contributed by atoms with Gasteiger partial charge in [-0.05, 0) is 5.56 Å². The lowest BCUT2D eigenvalue weighted by atomic mass is 10.1. The van der Waals surface area contributed by atoms with Crippen LogP contribution < -0.4 is 0 Å². The molecule has 7 heteroatoms. The van der Waals surface area contributed by atoms with Crippen LogP contribution in [0.2, 0.25) is 0 Å². The maximum Gasteiger partial charge on any atom is 0.389 e. The molecule has 0 aliphatic rings. The van der Waals surface area contributed by atoms with Crippen LogP contribution in [-0.4, -0.2) is 21.4 Å². The van der Waals surface area contributed by atoms with Crippen LogP contribution in [-0.2, 0) is 12.8 Å². The van der Waals surface area contributed by atoms with Crippen LogP contribution in [0.3, 0.4) is 0 Å². The van der Waals surface area contributed by atoms with Gasteiger partial charge in [0.25, 0.3) is 0 Å². The zero-order valence-electron chi connectivity index (χ0n) is 10.5. The van der Waals surface area contributed by atoms with Crippen molar-refractivity contribution in [2.45, 2.75) is 31.5 Å². The molecule has 108 valence electrons. The Morgan fingerprint density at radius 3 is 2.55 bits per heavy atom. The highest BCUT2D eigenvalue weighted by atomic mass is 19.4. The molecule has 1 atom stereocenters. The molecule has 1 N–H and O–H groups in total. The minimum atomic E-state index is -4.25. The van der Waals surface area contributed by atoms with Crippen molar-refractivity contribution in [1.82, 2.24) is 10.1 Å². The predicted molar refractivity (Wildman–Crippen MR) is 63.8 cm³/mol. The molecule has 20 heavy (non-hydrogen) atoms. The number of aryl methyl sites for hydroxylation is 1. The second-order valence-corrected chi connectivity index (χ2v) is 4.35. The first-order valence-corrected chi connectivity index (χ1v) is 6.05. The topological polar surface area (TPSA) is 59.2 Å². The minimum absolute atomic E-state index is 0.00223. The van der Waals surface area contributed by atoms with E-state index in [9.17, 15) is 18.3 Å². The van der Waals surface area contributed by atoms with Gasteiger partial charge in [-0.1, -0.05) is 35.5 Å². The Kier molecular flexibility index (Phi) is 4.39. The van der Waals surface area contributed by atoms with Crippen molar-refractivity contribution in [1.29, 1.82) is 0 Å². The summed E-state index contributed by atoms with van der Waals surface area (Å²) in [5.41, 5.74) is 0.683. The van der Waals surface area contributed by atoms with Gasteiger partial charge in [0.05, 0.1) is 18.9 Å². The molecule has 1 aromatic carbocycles. The molecule has 0 aliphatic heterocycles. The monoisotopic (exact) mass is 286 g/mol. The Morgan fingerprint density at radius 1 is 1.20 bits per heavy atom. The van der Waals surface area contributed by atoms with Crippen LogP contribution in [0.4, 0.5) is 13.2 Å². The molecule has 0 saturated heterocycles. The van der Waals surface area contributed by atoms with E-state index in [2.05, 4.69) is 10.1 Å². The average Bonchev–Trinajstić information content (AvgIpc) is 2.84. The molecule has 4 nitrogen and oxygen atoms in total. The van der Waals surface area contributed by atoms with E-state index in [4.69, 9.17) is 4.52 Å². The third-order valence-electron chi connectivity index (χ3n) is 2.69. The minimum Gasteiger partial charge on any atom is -0.388 e. The first kappa shape index (κ1) is 14.5. The molecule has 0 fully saturated rings. The van der Waals surface area contributed by atoms with E-state index in [0.717, 1.165) is 0 Å².